The van der Waals surface area contributed by atoms with Crippen LogP contribution in [0, 0.1) is 4.35 Å². The Morgan fingerprint density at radius 3 is 1.06 bits per heavy atom. The van der Waals surface area contributed by atoms with Gasteiger partial charge in [0.2, 0.25) is 0 Å². The molecule has 0 amide bonds. The van der Waals surface area contributed by atoms with Gasteiger partial charge >= 0.3 is 22.7 Å². The topological polar surface area (TPSA) is 92.1 Å². The number of hydrogen-bond donors (Lipinski definition) is 1. The summed E-state index contributed by atoms with van der Waals surface area (Å²) in [5, 5.41) is 0. The van der Waals surface area contributed by atoms with Crippen LogP contribution in [0.2, 0.25) is 0 Å². The summed E-state index contributed by atoms with van der Waals surface area (Å²) in [6.07, 6.45) is 0. The molecule has 0 aromatic rings. The van der Waals surface area contributed by atoms with Crippen LogP contribution in [0.25, 0.3) is 0 Å². The molecular formula is C2H2AlClF6NO4S2-. The van der Waals surface area contributed by atoms with Crippen molar-refractivity contribution in [2.24, 2.45) is 0 Å². The molecule has 0 aliphatic carbocycles. The second-order valence-electron chi connectivity index (χ2n) is 2.31. The molecule has 17 heavy (non-hydrogen) atoms. The van der Waals surface area contributed by atoms with Gasteiger partial charge in [0, 0.05) is 0 Å². The van der Waals surface area contributed by atoms with Crippen molar-refractivity contribution in [1.29, 1.82) is 4.35 Å². The average Bonchev–Trinajstić information content (AvgIpc) is 1.98. The van der Waals surface area contributed by atoms with Gasteiger partial charge in [-0.05, 0) is 0 Å². The third kappa shape index (κ3) is 3.53. The van der Waals surface area contributed by atoms with E-state index in [1.165, 1.54) is 0 Å². The van der Waals surface area contributed by atoms with E-state index in [-0.39, 0.29) is 12.4 Å². The Morgan fingerprint density at radius 1 is 0.765 bits per heavy atom. The van der Waals surface area contributed by atoms with Crippen LogP contribution < -0.4 is 0 Å². The Kier molecular flexibility index (Phi) is 5.72. The van der Waals surface area contributed by atoms with E-state index < -0.39 is 39.1 Å². The first-order valence-electron chi connectivity index (χ1n) is 2.97. The lowest BCUT2D eigenvalue weighted by Crippen LogP contribution is -2.42. The molecule has 5 nitrogen and oxygen atoms in total. The highest BCUT2D eigenvalue weighted by molar-refractivity contribution is 8.45. The lowest BCUT2D eigenvalue weighted by atomic mass is 11.6. The number of alkyl halides is 6. The van der Waals surface area contributed by atoms with Gasteiger partial charge in [-0.15, -0.1) is 12.4 Å². The van der Waals surface area contributed by atoms with Crippen molar-refractivity contribution >= 4 is 40.5 Å². The SMILES string of the molecule is Cl.[NH]=[Al-]([S](=O)(=O)C(F)(F)F)[S](=O)(=O)C(F)(F)F. The fraction of sp³-hybridized carbons (Fsp3) is 1.00. The first-order valence-corrected chi connectivity index (χ1v) is 9.47. The molecule has 0 aromatic carbocycles. The Balaban J connectivity index is 0. The summed E-state index contributed by atoms with van der Waals surface area (Å²) in [4.78, 5) is 0. The standard InChI is InChI=1S/2CF3O2S.Al.ClH.HN/c2*2-1(3,4)7(5)6;;;/h;;;2*1H/q;;-1;;. The van der Waals surface area contributed by atoms with Crippen LogP contribution in [-0.4, -0.2) is 39.5 Å². The molecule has 0 rings (SSSR count). The molecular weight excluding hydrogens is 343 g/mol. The Bertz CT molecular complexity index is 457. The Labute approximate surface area is 99.1 Å². The molecule has 0 saturated heterocycles. The number of rotatable bonds is 2. The van der Waals surface area contributed by atoms with Crippen LogP contribution in [0.1, 0.15) is 0 Å². The van der Waals surface area contributed by atoms with Gasteiger partial charge in [0.15, 0.2) is 0 Å². The zero-order valence-corrected chi connectivity index (χ0v) is 10.8. The molecule has 15 heteroatoms. The van der Waals surface area contributed by atoms with E-state index in [1.807, 2.05) is 0 Å². The molecule has 0 saturated carbocycles. The van der Waals surface area contributed by atoms with E-state index in [0.717, 1.165) is 0 Å². The molecule has 0 spiro atoms. The van der Waals surface area contributed by atoms with Crippen molar-refractivity contribution in [3.8, 4) is 0 Å². The van der Waals surface area contributed by atoms with Crippen LogP contribution >= 0.6 is 12.4 Å². The monoisotopic (exact) mass is 344 g/mol. The molecule has 0 aromatic heterocycles. The molecule has 0 atom stereocenters. The van der Waals surface area contributed by atoms with Crippen LogP contribution in [0.3, 0.4) is 0 Å². The van der Waals surface area contributed by atoms with Crippen molar-refractivity contribution in [3.05, 3.63) is 0 Å². The molecule has 0 bridgehead atoms. The maximum atomic E-state index is 11.7. The second-order valence-corrected chi connectivity index (χ2v) is 13.5. The van der Waals surface area contributed by atoms with Crippen molar-refractivity contribution in [1.82, 2.24) is 0 Å². The molecule has 0 unspecified atom stereocenters. The predicted octanol–water partition coefficient (Wildman–Crippen LogP) is 1.11. The normalized spacial score (nSPS) is 14.0. The molecule has 0 fully saturated rings. The highest BCUT2D eigenvalue weighted by atomic mass is 35.5. The minimum absolute atomic E-state index is 0. The van der Waals surface area contributed by atoms with Gasteiger partial charge < -0.3 is 4.35 Å². The third-order valence-corrected chi connectivity index (χ3v) is 13.2. The van der Waals surface area contributed by atoms with Gasteiger partial charge in [-0.1, -0.05) is 0 Å². The van der Waals surface area contributed by atoms with E-state index in [1.54, 1.807) is 0 Å². The van der Waals surface area contributed by atoms with Crippen molar-refractivity contribution in [2.75, 3.05) is 0 Å². The minimum atomic E-state index is -6.62. The molecule has 104 valence electrons. The van der Waals surface area contributed by atoms with Crippen LogP contribution in [0.4, 0.5) is 26.3 Å². The molecule has 0 heterocycles. The third-order valence-electron chi connectivity index (χ3n) is 1.21. The molecule has 0 radical (unpaired) electrons. The molecule has 0 aliphatic heterocycles. The highest BCUT2D eigenvalue weighted by Gasteiger charge is 2.53. The van der Waals surface area contributed by atoms with Gasteiger partial charge in [-0.25, -0.2) is 0 Å². The van der Waals surface area contributed by atoms with Crippen molar-refractivity contribution in [2.45, 2.75) is 11.0 Å². The van der Waals surface area contributed by atoms with Crippen LogP contribution in [-0.2, 0) is 16.4 Å². The van der Waals surface area contributed by atoms with Crippen LogP contribution in [0.15, 0.2) is 0 Å². The van der Waals surface area contributed by atoms with E-state index >= 15 is 0 Å². The van der Waals surface area contributed by atoms with Gasteiger partial charge in [-0.3, -0.25) is 16.8 Å². The summed E-state index contributed by atoms with van der Waals surface area (Å²) in [7, 11) is -13.2. The van der Waals surface area contributed by atoms with Crippen molar-refractivity contribution in [3.63, 3.8) is 0 Å². The zero-order valence-electron chi connectivity index (χ0n) is 7.20. The van der Waals surface area contributed by atoms with Gasteiger partial charge in [0.1, 0.15) is 0 Å². The number of hydrogen-bond acceptors (Lipinski definition) is 5. The van der Waals surface area contributed by atoms with Crippen LogP contribution in [0.5, 0.6) is 0 Å². The predicted molar refractivity (Wildman–Crippen MR) is 45.7 cm³/mol. The first-order chi connectivity index (χ1) is 6.65. The summed E-state index contributed by atoms with van der Waals surface area (Å²) in [5.41, 5.74) is -12.4. The van der Waals surface area contributed by atoms with E-state index in [9.17, 15) is 43.2 Å². The average molecular weight is 345 g/mol. The van der Waals surface area contributed by atoms with Gasteiger partial charge in [0.05, 0.1) is 16.4 Å². The summed E-state index contributed by atoms with van der Waals surface area (Å²) < 4.78 is 118. The van der Waals surface area contributed by atoms with E-state index in [2.05, 4.69) is 0 Å². The molecule has 0 aliphatic rings. The smallest absolute Gasteiger partial charge is 0.454 e. The molecule has 1 N–H and O–H groups in total. The van der Waals surface area contributed by atoms with Gasteiger partial charge in [0.25, 0.3) is 0 Å². The quantitative estimate of drug-likeness (QED) is 0.600. The number of halogens is 7. The second kappa shape index (κ2) is 5.00. The maximum absolute atomic E-state index is 11.7. The summed E-state index contributed by atoms with van der Waals surface area (Å²) in [6, 6.07) is 0. The highest BCUT2D eigenvalue weighted by Crippen LogP contribution is 2.31. The lowest BCUT2D eigenvalue weighted by molar-refractivity contribution is -0.0422. The summed E-state index contributed by atoms with van der Waals surface area (Å²) in [5.74, 6) is 0. The minimum Gasteiger partial charge on any atom is -0.581 e. The lowest BCUT2D eigenvalue weighted by Gasteiger charge is -2.18. The number of nitrogens with one attached hydrogen (secondary N) is 1. The largest absolute Gasteiger partial charge is 0.581 e. The van der Waals surface area contributed by atoms with E-state index in [4.69, 9.17) is 4.35 Å². The van der Waals surface area contributed by atoms with E-state index in [0.29, 0.717) is 0 Å². The first kappa shape index (κ1) is 19.4. The zero-order chi connectivity index (χ0) is 13.6. The fourth-order valence-electron chi connectivity index (χ4n) is 0.410. The Morgan fingerprint density at radius 2 is 0.941 bits per heavy atom. The maximum Gasteiger partial charge on any atom is 0.454 e. The fourth-order valence-corrected chi connectivity index (χ4v) is 8.65. The summed E-state index contributed by atoms with van der Waals surface area (Å²) in [6.45, 7) is 0. The Hall–Kier alpha value is 0.102. The van der Waals surface area contributed by atoms with Gasteiger partial charge in [-0.2, -0.15) is 26.3 Å². The van der Waals surface area contributed by atoms with Crippen molar-refractivity contribution < 1.29 is 43.2 Å². The summed E-state index contributed by atoms with van der Waals surface area (Å²) >= 11 is -5.93.